The Hall–Kier alpha value is -0.860. The number of ether oxygens (including phenoxy) is 1. The van der Waals surface area contributed by atoms with Crippen molar-refractivity contribution in [1.82, 2.24) is 15.5 Å². The predicted octanol–water partition coefficient (Wildman–Crippen LogP) is 2.64. The molecule has 2 N–H and O–H groups in total. The van der Waals surface area contributed by atoms with Gasteiger partial charge in [-0.1, -0.05) is 30.3 Å². The fourth-order valence-corrected chi connectivity index (χ4v) is 2.67. The molecule has 0 amide bonds. The Morgan fingerprint density at radius 1 is 1.29 bits per heavy atom. The Bertz CT molecular complexity index is 479. The van der Waals surface area contributed by atoms with E-state index in [2.05, 4.69) is 51.7 Å². The molecular weight excluding hydrogens is 415 g/mol. The standard InChI is InChI=1S/C18H30N4O.HI/c1-15(16-7-5-4-6-8-16)21-18(19-2)20-11-12-22(13-14-23-3)17-9-10-17;/h4-8,15,17H,9-14H2,1-3H3,(H2,19,20,21);1H. The van der Waals surface area contributed by atoms with Gasteiger partial charge in [0.05, 0.1) is 12.6 Å². The Balaban J connectivity index is 0.00000288. The second-order valence-corrected chi connectivity index (χ2v) is 6.04. The summed E-state index contributed by atoms with van der Waals surface area (Å²) in [6, 6.07) is 11.4. The van der Waals surface area contributed by atoms with E-state index in [1.165, 1.54) is 18.4 Å². The minimum absolute atomic E-state index is 0. The molecule has 1 aromatic rings. The maximum atomic E-state index is 5.20. The second-order valence-electron chi connectivity index (χ2n) is 6.04. The van der Waals surface area contributed by atoms with Gasteiger partial charge in [-0.15, -0.1) is 24.0 Å². The summed E-state index contributed by atoms with van der Waals surface area (Å²) in [5, 5.41) is 6.86. The lowest BCUT2D eigenvalue weighted by Gasteiger charge is -2.23. The van der Waals surface area contributed by atoms with Gasteiger partial charge in [-0.2, -0.15) is 0 Å². The summed E-state index contributed by atoms with van der Waals surface area (Å²) < 4.78 is 5.20. The molecule has 1 aliphatic carbocycles. The van der Waals surface area contributed by atoms with Crippen LogP contribution in [0.2, 0.25) is 0 Å². The highest BCUT2D eigenvalue weighted by Crippen LogP contribution is 2.25. The highest BCUT2D eigenvalue weighted by molar-refractivity contribution is 14.0. The molecule has 0 aromatic heterocycles. The van der Waals surface area contributed by atoms with Crippen molar-refractivity contribution in [3.8, 4) is 0 Å². The van der Waals surface area contributed by atoms with Crippen LogP contribution < -0.4 is 10.6 Å². The molecule has 0 bridgehead atoms. The lowest BCUT2D eigenvalue weighted by atomic mass is 10.1. The molecule has 0 spiro atoms. The molecule has 6 heteroatoms. The molecule has 5 nitrogen and oxygen atoms in total. The van der Waals surface area contributed by atoms with Crippen LogP contribution in [0.5, 0.6) is 0 Å². The van der Waals surface area contributed by atoms with Crippen molar-refractivity contribution in [2.75, 3.05) is 40.4 Å². The van der Waals surface area contributed by atoms with E-state index in [1.54, 1.807) is 7.11 Å². The number of methoxy groups -OCH3 is 1. The Morgan fingerprint density at radius 3 is 2.58 bits per heavy atom. The quantitative estimate of drug-likeness (QED) is 0.348. The number of guanidine groups is 1. The van der Waals surface area contributed by atoms with Crippen molar-refractivity contribution in [1.29, 1.82) is 0 Å². The summed E-state index contributed by atoms with van der Waals surface area (Å²) >= 11 is 0. The summed E-state index contributed by atoms with van der Waals surface area (Å²) in [5.41, 5.74) is 1.26. The zero-order chi connectivity index (χ0) is 16.5. The van der Waals surface area contributed by atoms with Crippen LogP contribution in [-0.4, -0.2) is 57.3 Å². The lowest BCUT2D eigenvalue weighted by molar-refractivity contribution is 0.144. The Kier molecular flexibility index (Phi) is 10.3. The van der Waals surface area contributed by atoms with Crippen molar-refractivity contribution in [3.05, 3.63) is 35.9 Å². The van der Waals surface area contributed by atoms with E-state index in [9.17, 15) is 0 Å². The Labute approximate surface area is 163 Å². The van der Waals surface area contributed by atoms with Crippen LogP contribution in [0.15, 0.2) is 35.3 Å². The van der Waals surface area contributed by atoms with Gasteiger partial charge in [-0.3, -0.25) is 9.89 Å². The summed E-state index contributed by atoms with van der Waals surface area (Å²) in [5.74, 6) is 0.851. The van der Waals surface area contributed by atoms with Crippen molar-refractivity contribution in [3.63, 3.8) is 0 Å². The third-order valence-electron chi connectivity index (χ3n) is 4.21. The molecule has 1 aromatic carbocycles. The van der Waals surface area contributed by atoms with Gasteiger partial charge in [-0.25, -0.2) is 0 Å². The van der Waals surface area contributed by atoms with Crippen LogP contribution in [0, 0.1) is 0 Å². The van der Waals surface area contributed by atoms with Gasteiger partial charge in [-0.05, 0) is 25.3 Å². The van der Waals surface area contributed by atoms with Gasteiger partial charge in [0.1, 0.15) is 0 Å². The average Bonchev–Trinajstić information content (AvgIpc) is 3.42. The molecule has 136 valence electrons. The lowest BCUT2D eigenvalue weighted by Crippen LogP contribution is -2.43. The SMILES string of the molecule is CN=C(NCCN(CCOC)C1CC1)NC(C)c1ccccc1.I. The summed E-state index contributed by atoms with van der Waals surface area (Å²) in [4.78, 5) is 6.83. The third kappa shape index (κ3) is 7.36. The predicted molar refractivity (Wildman–Crippen MR) is 111 cm³/mol. The van der Waals surface area contributed by atoms with E-state index < -0.39 is 0 Å². The number of benzene rings is 1. The fraction of sp³-hybridized carbons (Fsp3) is 0.611. The zero-order valence-corrected chi connectivity index (χ0v) is 17.3. The monoisotopic (exact) mass is 446 g/mol. The van der Waals surface area contributed by atoms with Gasteiger partial charge < -0.3 is 15.4 Å². The summed E-state index contributed by atoms with van der Waals surface area (Å²) in [6.07, 6.45) is 2.64. The van der Waals surface area contributed by atoms with Crippen molar-refractivity contribution >= 4 is 29.9 Å². The van der Waals surface area contributed by atoms with Crippen molar-refractivity contribution in [2.45, 2.75) is 31.8 Å². The van der Waals surface area contributed by atoms with Gasteiger partial charge >= 0.3 is 0 Å². The fourth-order valence-electron chi connectivity index (χ4n) is 2.67. The van der Waals surface area contributed by atoms with Crippen LogP contribution in [0.4, 0.5) is 0 Å². The second kappa shape index (κ2) is 11.7. The van der Waals surface area contributed by atoms with Gasteiger partial charge in [0.2, 0.25) is 0 Å². The Morgan fingerprint density at radius 2 is 2.00 bits per heavy atom. The molecule has 0 radical (unpaired) electrons. The summed E-state index contributed by atoms with van der Waals surface area (Å²) in [7, 11) is 3.58. The molecule has 2 rings (SSSR count). The largest absolute Gasteiger partial charge is 0.383 e. The van der Waals surface area contributed by atoms with Gasteiger partial charge in [0.15, 0.2) is 5.96 Å². The highest BCUT2D eigenvalue weighted by atomic mass is 127. The highest BCUT2D eigenvalue weighted by Gasteiger charge is 2.28. The summed E-state index contributed by atoms with van der Waals surface area (Å²) in [6.45, 7) is 5.87. The normalized spacial score (nSPS) is 15.8. The molecule has 0 saturated heterocycles. The number of halogens is 1. The first-order valence-corrected chi connectivity index (χ1v) is 8.49. The molecule has 1 aliphatic rings. The van der Waals surface area contributed by atoms with Gasteiger partial charge in [0, 0.05) is 39.8 Å². The maximum absolute atomic E-state index is 5.20. The third-order valence-corrected chi connectivity index (χ3v) is 4.21. The molecule has 1 atom stereocenters. The molecular formula is C18H31IN4O. The van der Waals surface area contributed by atoms with E-state index in [4.69, 9.17) is 4.74 Å². The first kappa shape index (κ1) is 21.2. The van der Waals surface area contributed by atoms with E-state index in [-0.39, 0.29) is 30.0 Å². The van der Waals surface area contributed by atoms with E-state index in [1.807, 2.05) is 13.1 Å². The number of hydrogen-bond donors (Lipinski definition) is 2. The molecule has 0 heterocycles. The smallest absolute Gasteiger partial charge is 0.191 e. The van der Waals surface area contributed by atoms with Crippen LogP contribution in [0.3, 0.4) is 0 Å². The van der Waals surface area contributed by atoms with Crippen LogP contribution >= 0.6 is 24.0 Å². The van der Waals surface area contributed by atoms with Gasteiger partial charge in [0.25, 0.3) is 0 Å². The molecule has 24 heavy (non-hydrogen) atoms. The van der Waals surface area contributed by atoms with Crippen LogP contribution in [-0.2, 0) is 4.74 Å². The van der Waals surface area contributed by atoms with Crippen LogP contribution in [0.25, 0.3) is 0 Å². The van der Waals surface area contributed by atoms with Crippen molar-refractivity contribution in [2.24, 2.45) is 4.99 Å². The number of nitrogens with zero attached hydrogens (tertiary/aromatic N) is 2. The van der Waals surface area contributed by atoms with E-state index in [0.717, 1.165) is 38.2 Å². The van der Waals surface area contributed by atoms with E-state index in [0.29, 0.717) is 0 Å². The average molecular weight is 446 g/mol. The molecule has 1 fully saturated rings. The number of aliphatic imine (C=N–C) groups is 1. The van der Waals surface area contributed by atoms with E-state index >= 15 is 0 Å². The number of hydrogen-bond acceptors (Lipinski definition) is 3. The first-order valence-electron chi connectivity index (χ1n) is 8.49. The van der Waals surface area contributed by atoms with Crippen LogP contribution in [0.1, 0.15) is 31.4 Å². The molecule has 1 unspecified atom stereocenters. The number of rotatable bonds is 9. The first-order chi connectivity index (χ1) is 11.2. The molecule has 0 aliphatic heterocycles. The molecule has 1 saturated carbocycles. The topological polar surface area (TPSA) is 48.9 Å². The minimum atomic E-state index is 0. The zero-order valence-electron chi connectivity index (χ0n) is 15.0. The van der Waals surface area contributed by atoms with Crippen molar-refractivity contribution < 1.29 is 4.74 Å². The number of nitrogens with one attached hydrogen (secondary N) is 2. The maximum Gasteiger partial charge on any atom is 0.191 e. The minimum Gasteiger partial charge on any atom is -0.383 e.